The van der Waals surface area contributed by atoms with Crippen molar-refractivity contribution < 1.29 is 57.0 Å². The van der Waals surface area contributed by atoms with Crippen LogP contribution in [0.15, 0.2) is 58.2 Å². The smallest absolute Gasteiger partial charge is 0.306 e. The fourth-order valence-electron chi connectivity index (χ4n) is 31.0. The fraction of sp³-hybridized carbons (Fsp3) is 0.786. The van der Waals surface area contributed by atoms with Crippen molar-refractivity contribution in [3.63, 3.8) is 0 Å². The summed E-state index contributed by atoms with van der Waals surface area (Å²) in [5.41, 5.74) is 5.10. The summed E-state index contributed by atoms with van der Waals surface area (Å²) in [6.07, 6.45) is 29.3. The lowest BCUT2D eigenvalue weighted by Gasteiger charge is -2.61. The van der Waals surface area contributed by atoms with Crippen molar-refractivity contribution in [1.82, 2.24) is 0 Å². The fourth-order valence-corrected chi connectivity index (χ4v) is 31.0. The molecule has 1 N–H and O–H groups in total. The molecule has 21 aliphatic carbocycles. The second-order valence-electron chi connectivity index (χ2n) is 39.1. The summed E-state index contributed by atoms with van der Waals surface area (Å²) in [7, 11) is 0. The van der Waals surface area contributed by atoms with Crippen LogP contribution in [0.4, 0.5) is 8.78 Å². The quantitative estimate of drug-likeness (QED) is 0.182. The van der Waals surface area contributed by atoms with Gasteiger partial charge >= 0.3 is 5.97 Å². The summed E-state index contributed by atoms with van der Waals surface area (Å²) in [4.78, 5) is 97.9. The number of rotatable bonds is 0. The summed E-state index contributed by atoms with van der Waals surface area (Å²) < 4.78 is 37.6. The van der Waals surface area contributed by atoms with Gasteiger partial charge in [-0.25, -0.2) is 8.78 Å². The van der Waals surface area contributed by atoms with Crippen LogP contribution in [0, 0.1) is 168 Å². The number of carbonyl (C=O) groups excluding carboxylic acids is 8. The van der Waals surface area contributed by atoms with Crippen LogP contribution in [0.1, 0.15) is 216 Å². The molecule has 0 amide bonds. The highest BCUT2D eigenvalue weighted by Crippen LogP contribution is 2.83. The van der Waals surface area contributed by atoms with E-state index >= 15 is 8.78 Å². The molecule has 22 rings (SSSR count). The highest BCUT2D eigenvalue weighted by molar-refractivity contribution is 5.96. The number of aliphatic hydroxyl groups is 1. The average Bonchev–Trinajstić information content (AvgIpc) is 1.48. The number of esters is 1. The summed E-state index contributed by atoms with van der Waals surface area (Å²) in [5, 5.41) is 11.0. The van der Waals surface area contributed by atoms with Crippen LogP contribution in [0.2, 0.25) is 0 Å². The van der Waals surface area contributed by atoms with Crippen LogP contribution in [0.3, 0.4) is 0 Å². The predicted molar refractivity (Wildman–Crippen MR) is 354 cm³/mol. The second-order valence-corrected chi connectivity index (χ2v) is 39.1. The normalized spacial score (nSPS) is 57.6. The highest BCUT2D eigenvalue weighted by Gasteiger charge is 2.83. The Morgan fingerprint density at radius 3 is 1.53 bits per heavy atom. The molecular weight excluding hydrogens is 1210 g/mol. The summed E-state index contributed by atoms with van der Waals surface area (Å²) >= 11 is 0. The molecule has 0 radical (unpaired) electrons. The first-order chi connectivity index (χ1) is 45.5. The van der Waals surface area contributed by atoms with E-state index in [1.807, 2.05) is 31.2 Å². The molecular formula is C84H104F2O10. The van der Waals surface area contributed by atoms with Crippen molar-refractivity contribution in [2.45, 2.75) is 240 Å². The maximum absolute atomic E-state index is 16.1. The number of hydrogen-bond donors (Lipinski definition) is 1. The van der Waals surface area contributed by atoms with E-state index in [-0.39, 0.29) is 84.9 Å². The minimum absolute atomic E-state index is 0.0147. The Hall–Kier alpha value is -4.32. The van der Waals surface area contributed by atoms with Gasteiger partial charge in [-0.3, -0.25) is 38.4 Å². The molecule has 1 aliphatic heterocycles. The molecule has 0 aromatic rings. The van der Waals surface area contributed by atoms with Crippen LogP contribution in [0.5, 0.6) is 0 Å². The molecule has 1 spiro atoms. The van der Waals surface area contributed by atoms with E-state index < -0.39 is 29.5 Å². The van der Waals surface area contributed by atoms with Gasteiger partial charge in [-0.15, -0.1) is 0 Å². The number of halogens is 2. The average molecular weight is 1310 g/mol. The standard InChI is InChI=1S/C24H29FO3.C20H25FO2.C20H26O3.C20H24O2/c1-22-5-3-11(26)7-15(22)12-8-13(12)19-20-14-9-16(14)24(6-4-18(27)28-24)23(20,2)10-17(25)21(19)22;1-19-6-5-11(22)7-10(19)3-4-12-16-13-8-14(13)18(23)20(16,2)9-15(21)17(12)19;1-19-6-5-11(21)7-10(19)3-4-12-16-13-8-14(13)18(23)20(16,2)9-15(22)17(12)19;1-19-7-5-12(21)9-11(19)3-4-13-16(19)6-8-20(2)17(13)14-10-15(14)18(20)22/h7,12-14,16-17,19-21H,3-6,8-10H2,1-2H3;7,12-17H,3-6,8-9H2,1-2H3;7,12-17,22H,3-6,8-9H2,1-2H3;6,9,13-15,17H,3-5,7-8,10H2,1-2H3/t12?,13?,14-,16+,17+,19?,20?,21?,22+,23+,24+;12?,13-,14+,15+,16?,17?,19+,20+;12?,13-,14+,15?,16?,17?,19+,20+;13?,14-,15+,17?,19+,20+/m1111/s1. The lowest BCUT2D eigenvalue weighted by molar-refractivity contribution is -0.188. The number of aliphatic hydroxyl groups excluding tert-OH is 1. The van der Waals surface area contributed by atoms with Gasteiger partial charge in [0.15, 0.2) is 23.1 Å². The van der Waals surface area contributed by atoms with E-state index in [0.29, 0.717) is 175 Å². The summed E-state index contributed by atoms with van der Waals surface area (Å²) in [6.45, 7) is 17.8. The number of carbonyl (C=O) groups is 8. The minimum atomic E-state index is -0.899. The lowest BCUT2D eigenvalue weighted by atomic mass is 9.44. The van der Waals surface area contributed by atoms with Crippen molar-refractivity contribution in [2.24, 2.45) is 168 Å². The van der Waals surface area contributed by atoms with Gasteiger partial charge in [-0.1, -0.05) is 89.3 Å². The lowest BCUT2D eigenvalue weighted by Crippen LogP contribution is -2.61. The summed E-state index contributed by atoms with van der Waals surface area (Å²) in [6, 6.07) is 0. The molecule has 14 unspecified atom stereocenters. The topological polar surface area (TPSA) is 166 Å². The van der Waals surface area contributed by atoms with E-state index in [0.717, 1.165) is 103 Å². The first-order valence-electron chi connectivity index (χ1n) is 39.0. The molecule has 12 heteroatoms. The van der Waals surface area contributed by atoms with Crippen LogP contribution in [0.25, 0.3) is 0 Å². The molecule has 17 fully saturated rings. The van der Waals surface area contributed by atoms with E-state index in [4.69, 9.17) is 4.74 Å². The third-order valence-electron chi connectivity index (χ3n) is 35.2. The van der Waals surface area contributed by atoms with Crippen molar-refractivity contribution in [3.05, 3.63) is 58.2 Å². The molecule has 0 aromatic heterocycles. The zero-order valence-electron chi connectivity index (χ0n) is 58.3. The first-order valence-corrected chi connectivity index (χ1v) is 39.0. The van der Waals surface area contributed by atoms with Crippen LogP contribution in [-0.2, 0) is 43.1 Å². The van der Waals surface area contributed by atoms with Crippen molar-refractivity contribution in [3.8, 4) is 0 Å². The SMILES string of the molecule is C[C@]12CCC(=O)C=C1C1CC1C1C2[C@@H](F)C[C@@]2(C)C1[C@@H]1C[C@@H]1[C@@]21CCC(=O)O1.C[C@]12CCC(=O)C=C1CCC1C2=CC[C@]2(C)C(=O)[C@H]3C[C@H]3C12.C[C@]12CCC(=O)C=C1CCC1C2C(O)C[C@]2(C)C(=O)[C@H]3C[C@H]3C12.C[C@]12CCC(=O)C=C1CCC1C2[C@@H](F)C[C@]2(C)C(=O)[C@H]3C[C@H]3C12. The zero-order valence-corrected chi connectivity index (χ0v) is 58.3. The highest BCUT2D eigenvalue weighted by atomic mass is 19.1. The first kappa shape index (κ1) is 62.7. The monoisotopic (exact) mass is 1310 g/mol. The maximum Gasteiger partial charge on any atom is 0.306 e. The molecule has 1 heterocycles. The van der Waals surface area contributed by atoms with Gasteiger partial charge < -0.3 is 9.84 Å². The van der Waals surface area contributed by atoms with Gasteiger partial charge in [-0.05, 0) is 258 Å². The van der Waals surface area contributed by atoms with Gasteiger partial charge in [0.05, 0.1) is 6.10 Å². The number of fused-ring (bicyclic) bond motifs is 33. The van der Waals surface area contributed by atoms with Crippen molar-refractivity contribution in [2.75, 3.05) is 0 Å². The molecule has 10 nitrogen and oxygen atoms in total. The molecule has 22 aliphatic rings. The number of ketones is 7. The molecule has 0 bridgehead atoms. The molecule has 1 saturated heterocycles. The number of alkyl halides is 2. The third kappa shape index (κ3) is 7.96. The largest absolute Gasteiger partial charge is 0.458 e. The third-order valence-corrected chi connectivity index (χ3v) is 35.2. The van der Waals surface area contributed by atoms with Crippen LogP contribution < -0.4 is 0 Å². The molecule has 16 saturated carbocycles. The molecule has 514 valence electrons. The van der Waals surface area contributed by atoms with Crippen molar-refractivity contribution in [1.29, 1.82) is 0 Å². The van der Waals surface area contributed by atoms with Gasteiger partial charge in [0.2, 0.25) is 0 Å². The predicted octanol–water partition coefficient (Wildman–Crippen LogP) is 14.9. The Labute approximate surface area is 566 Å². The van der Waals surface area contributed by atoms with Gasteiger partial charge in [0.1, 0.15) is 35.3 Å². The summed E-state index contributed by atoms with van der Waals surface area (Å²) in [5.74, 6) is 11.2. The van der Waals surface area contributed by atoms with Gasteiger partial charge in [-0.2, -0.15) is 0 Å². The minimum Gasteiger partial charge on any atom is -0.458 e. The molecule has 0 aromatic carbocycles. The van der Waals surface area contributed by atoms with Gasteiger partial charge in [0, 0.05) is 94.7 Å². The van der Waals surface area contributed by atoms with Gasteiger partial charge in [0.25, 0.3) is 0 Å². The van der Waals surface area contributed by atoms with Crippen LogP contribution >= 0.6 is 0 Å². The maximum atomic E-state index is 16.1. The van der Waals surface area contributed by atoms with E-state index in [1.54, 1.807) is 5.57 Å². The van der Waals surface area contributed by atoms with Crippen molar-refractivity contribution >= 4 is 46.5 Å². The number of allylic oxidation sites excluding steroid dienone is 7. The van der Waals surface area contributed by atoms with E-state index in [1.165, 1.54) is 28.7 Å². The Bertz CT molecular complexity index is 3680. The Kier molecular flexibility index (Phi) is 13.0. The van der Waals surface area contributed by atoms with E-state index in [2.05, 4.69) is 54.5 Å². The zero-order chi connectivity index (χ0) is 66.8. The van der Waals surface area contributed by atoms with E-state index in [9.17, 15) is 43.5 Å². The van der Waals surface area contributed by atoms with Crippen LogP contribution in [-0.4, -0.2) is 75.6 Å². The Morgan fingerprint density at radius 2 is 0.917 bits per heavy atom. The second kappa shape index (κ2) is 19.8. The number of ether oxygens (including phenoxy) is 1. The Balaban J connectivity index is 0.0000000907. The number of Topliss-reactive ketones (excluding diaryl/α,β-unsaturated/α-hetero) is 3. The Morgan fingerprint density at radius 1 is 0.406 bits per heavy atom. The number of hydrogen-bond acceptors (Lipinski definition) is 10. The molecule has 96 heavy (non-hydrogen) atoms. The molecule has 33 atom stereocenters.